The molecule has 0 unspecified atom stereocenters. The summed E-state index contributed by atoms with van der Waals surface area (Å²) >= 11 is 0. The SMILES string of the molecule is CCc1nncn1CCNC(=NC)NCCn1cccn1.I. The Bertz CT molecular complexity index is 548. The Morgan fingerprint density at radius 3 is 2.68 bits per heavy atom. The first-order valence-electron chi connectivity index (χ1n) is 7.12. The van der Waals surface area contributed by atoms with Crippen LogP contribution in [0.3, 0.4) is 0 Å². The molecule has 0 aromatic carbocycles. The maximum absolute atomic E-state index is 4.19. The zero-order valence-electron chi connectivity index (χ0n) is 12.9. The number of guanidine groups is 1. The molecule has 0 aliphatic heterocycles. The summed E-state index contributed by atoms with van der Waals surface area (Å²) in [6, 6.07) is 1.91. The van der Waals surface area contributed by atoms with Crippen molar-refractivity contribution >= 4 is 29.9 Å². The van der Waals surface area contributed by atoms with Gasteiger partial charge in [0, 0.05) is 45.5 Å². The Kier molecular flexibility index (Phi) is 8.48. The minimum absolute atomic E-state index is 0. The van der Waals surface area contributed by atoms with E-state index in [1.807, 2.05) is 21.5 Å². The smallest absolute Gasteiger partial charge is 0.191 e. The molecule has 122 valence electrons. The Morgan fingerprint density at radius 2 is 2.05 bits per heavy atom. The number of aromatic nitrogens is 5. The number of nitrogens with zero attached hydrogens (tertiary/aromatic N) is 6. The second-order valence-electron chi connectivity index (χ2n) is 4.49. The van der Waals surface area contributed by atoms with Gasteiger partial charge in [-0.05, 0) is 6.07 Å². The zero-order valence-corrected chi connectivity index (χ0v) is 15.3. The molecule has 0 spiro atoms. The number of hydrogen-bond donors (Lipinski definition) is 2. The molecule has 8 nitrogen and oxygen atoms in total. The van der Waals surface area contributed by atoms with Crippen LogP contribution in [0, 0.1) is 0 Å². The van der Waals surface area contributed by atoms with Gasteiger partial charge in [0.25, 0.3) is 0 Å². The highest BCUT2D eigenvalue weighted by molar-refractivity contribution is 14.0. The van der Waals surface area contributed by atoms with E-state index in [0.29, 0.717) is 0 Å². The Morgan fingerprint density at radius 1 is 1.27 bits per heavy atom. The fourth-order valence-corrected chi connectivity index (χ4v) is 1.98. The van der Waals surface area contributed by atoms with Crippen molar-refractivity contribution in [3.63, 3.8) is 0 Å². The number of aryl methyl sites for hydroxylation is 1. The zero-order chi connectivity index (χ0) is 14.9. The lowest BCUT2D eigenvalue weighted by Crippen LogP contribution is -2.40. The van der Waals surface area contributed by atoms with Crippen molar-refractivity contribution in [1.29, 1.82) is 0 Å². The van der Waals surface area contributed by atoms with Gasteiger partial charge in [0.1, 0.15) is 12.2 Å². The molecule has 2 heterocycles. The van der Waals surface area contributed by atoms with Gasteiger partial charge in [-0.25, -0.2) is 0 Å². The summed E-state index contributed by atoms with van der Waals surface area (Å²) in [6.07, 6.45) is 6.36. The Labute approximate surface area is 147 Å². The third-order valence-corrected chi connectivity index (χ3v) is 3.07. The molecule has 0 atom stereocenters. The normalized spacial score (nSPS) is 11.1. The second-order valence-corrected chi connectivity index (χ2v) is 4.49. The van der Waals surface area contributed by atoms with Crippen molar-refractivity contribution in [2.45, 2.75) is 26.4 Å². The molecule has 22 heavy (non-hydrogen) atoms. The molecule has 2 rings (SSSR count). The van der Waals surface area contributed by atoms with Crippen LogP contribution in [0.15, 0.2) is 29.8 Å². The summed E-state index contributed by atoms with van der Waals surface area (Å²) in [4.78, 5) is 4.19. The molecule has 0 aliphatic rings. The summed E-state index contributed by atoms with van der Waals surface area (Å²) in [7, 11) is 1.76. The average Bonchev–Trinajstić information content (AvgIpc) is 3.16. The predicted octanol–water partition coefficient (Wildman–Crippen LogP) is 0.520. The van der Waals surface area contributed by atoms with Crippen LogP contribution in [0.1, 0.15) is 12.7 Å². The minimum Gasteiger partial charge on any atom is -0.355 e. The molecule has 0 radical (unpaired) electrons. The maximum Gasteiger partial charge on any atom is 0.191 e. The van der Waals surface area contributed by atoms with Gasteiger partial charge in [0.05, 0.1) is 6.54 Å². The number of rotatable bonds is 7. The van der Waals surface area contributed by atoms with E-state index in [1.165, 1.54) is 0 Å². The minimum atomic E-state index is 0. The van der Waals surface area contributed by atoms with E-state index in [1.54, 1.807) is 19.6 Å². The summed E-state index contributed by atoms with van der Waals surface area (Å²) in [5.74, 6) is 1.78. The van der Waals surface area contributed by atoms with Crippen LogP contribution in [-0.2, 0) is 19.5 Å². The molecule has 2 N–H and O–H groups in total. The van der Waals surface area contributed by atoms with Gasteiger partial charge in [-0.2, -0.15) is 5.10 Å². The topological polar surface area (TPSA) is 85.0 Å². The van der Waals surface area contributed by atoms with E-state index in [0.717, 1.165) is 44.4 Å². The van der Waals surface area contributed by atoms with Gasteiger partial charge in [-0.15, -0.1) is 34.2 Å². The molecule has 2 aromatic heterocycles. The largest absolute Gasteiger partial charge is 0.355 e. The molecule has 0 saturated heterocycles. The first-order valence-corrected chi connectivity index (χ1v) is 7.12. The third-order valence-electron chi connectivity index (χ3n) is 3.07. The van der Waals surface area contributed by atoms with Crippen LogP contribution in [-0.4, -0.2) is 50.6 Å². The predicted molar refractivity (Wildman–Crippen MR) is 96.4 cm³/mol. The van der Waals surface area contributed by atoms with Gasteiger partial charge in [-0.3, -0.25) is 9.67 Å². The molecule has 0 fully saturated rings. The summed E-state index contributed by atoms with van der Waals surface area (Å²) in [6.45, 7) is 5.24. The van der Waals surface area contributed by atoms with Gasteiger partial charge in [0.2, 0.25) is 0 Å². The molecular weight excluding hydrogens is 395 g/mol. The lowest BCUT2D eigenvalue weighted by atomic mass is 10.4. The van der Waals surface area contributed by atoms with Gasteiger partial charge in [-0.1, -0.05) is 6.92 Å². The van der Waals surface area contributed by atoms with E-state index in [4.69, 9.17) is 0 Å². The van der Waals surface area contributed by atoms with Crippen molar-refractivity contribution < 1.29 is 0 Å². The van der Waals surface area contributed by atoms with Crippen LogP contribution in [0.5, 0.6) is 0 Å². The molecule has 9 heteroatoms. The average molecular weight is 418 g/mol. The fourth-order valence-electron chi connectivity index (χ4n) is 1.98. The molecule has 0 bridgehead atoms. The quantitative estimate of drug-likeness (QED) is 0.389. The van der Waals surface area contributed by atoms with Gasteiger partial charge in [0.15, 0.2) is 5.96 Å². The molecule has 0 aliphatic carbocycles. The third kappa shape index (κ3) is 5.62. The van der Waals surface area contributed by atoms with Crippen LogP contribution >= 0.6 is 24.0 Å². The van der Waals surface area contributed by atoms with E-state index >= 15 is 0 Å². The van der Waals surface area contributed by atoms with Crippen LogP contribution in [0.4, 0.5) is 0 Å². The van der Waals surface area contributed by atoms with Gasteiger partial charge < -0.3 is 15.2 Å². The number of hydrogen-bond acceptors (Lipinski definition) is 4. The van der Waals surface area contributed by atoms with Crippen molar-refractivity contribution in [2.75, 3.05) is 20.1 Å². The first kappa shape index (κ1) is 18.4. The number of halogens is 1. The van der Waals surface area contributed by atoms with Crippen molar-refractivity contribution in [3.8, 4) is 0 Å². The van der Waals surface area contributed by atoms with Gasteiger partial charge >= 0.3 is 0 Å². The van der Waals surface area contributed by atoms with Crippen LogP contribution < -0.4 is 10.6 Å². The second kappa shape index (κ2) is 10.1. The Hall–Kier alpha value is -1.65. The van der Waals surface area contributed by atoms with E-state index in [2.05, 4.69) is 37.8 Å². The molecular formula is C13H23IN8. The Balaban J connectivity index is 0.00000242. The fraction of sp³-hybridized carbons (Fsp3) is 0.538. The van der Waals surface area contributed by atoms with E-state index in [-0.39, 0.29) is 24.0 Å². The summed E-state index contributed by atoms with van der Waals surface area (Å²) in [5.41, 5.74) is 0. The monoisotopic (exact) mass is 418 g/mol. The van der Waals surface area contributed by atoms with Crippen LogP contribution in [0.2, 0.25) is 0 Å². The van der Waals surface area contributed by atoms with Crippen molar-refractivity contribution in [1.82, 2.24) is 35.2 Å². The van der Waals surface area contributed by atoms with Crippen molar-refractivity contribution in [2.24, 2.45) is 4.99 Å². The first-order chi connectivity index (χ1) is 10.3. The van der Waals surface area contributed by atoms with Crippen LogP contribution in [0.25, 0.3) is 0 Å². The lowest BCUT2D eigenvalue weighted by molar-refractivity contribution is 0.591. The van der Waals surface area contributed by atoms with E-state index in [9.17, 15) is 0 Å². The highest BCUT2D eigenvalue weighted by Crippen LogP contribution is 1.94. The standard InChI is InChI=1S/C13H22N8.HI/c1-3-12-19-17-11-20(12)9-6-15-13(14-2)16-7-10-21-8-4-5-18-21;/h4-5,8,11H,3,6-7,9-10H2,1-2H3,(H2,14,15,16);1H. The molecule has 0 saturated carbocycles. The number of nitrogens with one attached hydrogen (secondary N) is 2. The lowest BCUT2D eigenvalue weighted by Gasteiger charge is -2.12. The molecule has 2 aromatic rings. The maximum atomic E-state index is 4.19. The highest BCUT2D eigenvalue weighted by atomic mass is 127. The summed E-state index contributed by atoms with van der Waals surface area (Å²) < 4.78 is 3.93. The molecule has 0 amide bonds. The van der Waals surface area contributed by atoms with E-state index < -0.39 is 0 Å². The highest BCUT2D eigenvalue weighted by Gasteiger charge is 2.02. The summed E-state index contributed by atoms with van der Waals surface area (Å²) in [5, 5.41) is 18.7. The van der Waals surface area contributed by atoms with Crippen molar-refractivity contribution in [3.05, 3.63) is 30.6 Å². The number of aliphatic imine (C=N–C) groups is 1.